The van der Waals surface area contributed by atoms with Gasteiger partial charge in [-0.25, -0.2) is 13.2 Å². The lowest BCUT2D eigenvalue weighted by Crippen LogP contribution is -2.50. The number of piperazine rings is 1. The molecule has 0 radical (unpaired) electrons. The highest BCUT2D eigenvalue weighted by Gasteiger charge is 2.25. The van der Waals surface area contributed by atoms with Gasteiger partial charge >= 0.3 is 6.09 Å². The van der Waals surface area contributed by atoms with Crippen LogP contribution in [-0.2, 0) is 14.8 Å². The van der Waals surface area contributed by atoms with Gasteiger partial charge in [0.05, 0.1) is 5.75 Å². The van der Waals surface area contributed by atoms with Crippen LogP contribution in [0.4, 0.5) is 16.2 Å². The first-order chi connectivity index (χ1) is 12.6. The van der Waals surface area contributed by atoms with Crippen LogP contribution >= 0.6 is 0 Å². The second kappa shape index (κ2) is 8.82. The van der Waals surface area contributed by atoms with Crippen LogP contribution in [0.3, 0.4) is 0 Å². The van der Waals surface area contributed by atoms with E-state index in [0.717, 1.165) is 12.1 Å². The van der Waals surface area contributed by atoms with E-state index in [1.807, 2.05) is 39.8 Å². The van der Waals surface area contributed by atoms with Gasteiger partial charge in [0.2, 0.25) is 10.0 Å². The maximum Gasteiger partial charge on any atom is 0.410 e. The molecule has 152 valence electrons. The molecule has 1 saturated heterocycles. The summed E-state index contributed by atoms with van der Waals surface area (Å²) in [6.07, 6.45) is 1.21. The number of benzene rings is 1. The Balaban J connectivity index is 1.89. The average Bonchev–Trinajstić information content (AvgIpc) is 2.59. The Morgan fingerprint density at radius 1 is 1.11 bits per heavy atom. The Kier molecular flexibility index (Phi) is 6.97. The van der Waals surface area contributed by atoms with E-state index in [0.29, 0.717) is 38.3 Å². The fourth-order valence-corrected chi connectivity index (χ4v) is 4.04. The Hall–Kier alpha value is -1.96. The molecule has 2 rings (SSSR count). The van der Waals surface area contributed by atoms with Gasteiger partial charge in [-0.2, -0.15) is 0 Å². The smallest absolute Gasteiger partial charge is 0.410 e. The monoisotopic (exact) mass is 397 g/mol. The molecule has 1 heterocycles. The van der Waals surface area contributed by atoms with Gasteiger partial charge in [-0.05, 0) is 51.5 Å². The molecular formula is C19H31N3O4S. The molecule has 0 saturated carbocycles. The van der Waals surface area contributed by atoms with Crippen molar-refractivity contribution in [3.8, 4) is 0 Å². The third kappa shape index (κ3) is 6.93. The second-order valence-corrected chi connectivity index (χ2v) is 9.62. The largest absolute Gasteiger partial charge is 0.444 e. The third-order valence-corrected chi connectivity index (χ3v) is 5.58. The van der Waals surface area contributed by atoms with E-state index in [-0.39, 0.29) is 11.8 Å². The molecule has 0 unspecified atom stereocenters. The molecule has 0 aliphatic carbocycles. The Labute approximate surface area is 162 Å². The van der Waals surface area contributed by atoms with Gasteiger partial charge in [0.25, 0.3) is 0 Å². The molecule has 0 aromatic heterocycles. The van der Waals surface area contributed by atoms with Crippen LogP contribution in [0.1, 0.15) is 40.5 Å². The number of amides is 1. The number of rotatable bonds is 6. The van der Waals surface area contributed by atoms with Crippen molar-refractivity contribution in [3.05, 3.63) is 24.3 Å². The lowest BCUT2D eigenvalue weighted by atomic mass is 10.2. The quantitative estimate of drug-likeness (QED) is 0.797. The first kappa shape index (κ1) is 21.3. The number of carbonyl (C=O) groups excluding carboxylic acids is 1. The molecular weight excluding hydrogens is 366 g/mol. The van der Waals surface area contributed by atoms with E-state index in [1.54, 1.807) is 17.0 Å². The lowest BCUT2D eigenvalue weighted by Gasteiger charge is -2.36. The molecule has 1 aliphatic rings. The van der Waals surface area contributed by atoms with Crippen molar-refractivity contribution in [1.82, 2.24) is 4.90 Å². The summed E-state index contributed by atoms with van der Waals surface area (Å²) in [7, 11) is -3.29. The summed E-state index contributed by atoms with van der Waals surface area (Å²) < 4.78 is 32.0. The van der Waals surface area contributed by atoms with Crippen molar-refractivity contribution in [3.63, 3.8) is 0 Å². The van der Waals surface area contributed by atoms with E-state index in [9.17, 15) is 13.2 Å². The molecule has 1 amide bonds. The van der Waals surface area contributed by atoms with E-state index in [2.05, 4.69) is 9.62 Å². The number of unbranched alkanes of at least 4 members (excludes halogenated alkanes) is 1. The van der Waals surface area contributed by atoms with Crippen molar-refractivity contribution >= 4 is 27.5 Å². The van der Waals surface area contributed by atoms with Crippen LogP contribution in [0.5, 0.6) is 0 Å². The van der Waals surface area contributed by atoms with Gasteiger partial charge in [0.15, 0.2) is 0 Å². The summed E-state index contributed by atoms with van der Waals surface area (Å²) in [5, 5.41) is 0. The molecule has 7 nitrogen and oxygen atoms in total. The van der Waals surface area contributed by atoms with Gasteiger partial charge in [-0.15, -0.1) is 0 Å². The normalized spacial score (nSPS) is 15.6. The van der Waals surface area contributed by atoms with Crippen LogP contribution in [0, 0.1) is 0 Å². The average molecular weight is 398 g/mol. The zero-order valence-corrected chi connectivity index (χ0v) is 17.5. The molecule has 0 bridgehead atoms. The highest BCUT2D eigenvalue weighted by Crippen LogP contribution is 2.21. The number of carbonyl (C=O) groups is 1. The summed E-state index contributed by atoms with van der Waals surface area (Å²) in [6, 6.07) is 7.36. The maximum absolute atomic E-state index is 12.1. The summed E-state index contributed by atoms with van der Waals surface area (Å²) >= 11 is 0. The number of hydrogen-bond acceptors (Lipinski definition) is 5. The van der Waals surface area contributed by atoms with Crippen LogP contribution in [0.25, 0.3) is 0 Å². The molecule has 1 aromatic carbocycles. The first-order valence-electron chi connectivity index (χ1n) is 9.43. The third-order valence-electron chi connectivity index (χ3n) is 4.20. The Morgan fingerprint density at radius 3 is 2.22 bits per heavy atom. The van der Waals surface area contributed by atoms with Crippen molar-refractivity contribution in [2.75, 3.05) is 41.6 Å². The summed E-state index contributed by atoms with van der Waals surface area (Å²) in [5.74, 6) is 0.137. The number of ether oxygens (including phenoxy) is 1. The molecule has 0 spiro atoms. The standard InChI is InChI=1S/C19H31N3O4S/c1-5-6-15-27(24,25)20-16-7-9-17(10-8-16)21-11-13-22(14-12-21)18(23)26-19(2,3)4/h7-10,20H,5-6,11-15H2,1-4H3. The van der Waals surface area contributed by atoms with E-state index >= 15 is 0 Å². The van der Waals surface area contributed by atoms with Crippen molar-refractivity contribution in [2.24, 2.45) is 0 Å². The lowest BCUT2D eigenvalue weighted by molar-refractivity contribution is 0.0240. The molecule has 0 atom stereocenters. The minimum absolute atomic E-state index is 0.137. The molecule has 1 fully saturated rings. The van der Waals surface area contributed by atoms with Crippen LogP contribution in [-0.4, -0.2) is 56.9 Å². The highest BCUT2D eigenvalue weighted by molar-refractivity contribution is 7.92. The number of nitrogens with one attached hydrogen (secondary N) is 1. The maximum atomic E-state index is 12.1. The fraction of sp³-hybridized carbons (Fsp3) is 0.632. The van der Waals surface area contributed by atoms with E-state index < -0.39 is 15.6 Å². The predicted octanol–water partition coefficient (Wildman–Crippen LogP) is 3.29. The number of nitrogens with zero attached hydrogens (tertiary/aromatic N) is 2. The van der Waals surface area contributed by atoms with Crippen LogP contribution in [0.15, 0.2) is 24.3 Å². The number of hydrogen-bond donors (Lipinski definition) is 1. The van der Waals surface area contributed by atoms with Crippen LogP contribution in [0.2, 0.25) is 0 Å². The SMILES string of the molecule is CCCCS(=O)(=O)Nc1ccc(N2CCN(C(=O)OC(C)(C)C)CC2)cc1. The molecule has 27 heavy (non-hydrogen) atoms. The van der Waals surface area contributed by atoms with Gasteiger partial charge in [-0.3, -0.25) is 4.72 Å². The minimum Gasteiger partial charge on any atom is -0.444 e. The Morgan fingerprint density at radius 2 is 1.70 bits per heavy atom. The molecule has 1 aliphatic heterocycles. The molecule has 1 aromatic rings. The van der Waals surface area contributed by atoms with Crippen molar-refractivity contribution in [1.29, 1.82) is 0 Å². The van der Waals surface area contributed by atoms with Crippen LogP contribution < -0.4 is 9.62 Å². The molecule has 1 N–H and O–H groups in total. The predicted molar refractivity (Wildman–Crippen MR) is 109 cm³/mol. The summed E-state index contributed by atoms with van der Waals surface area (Å²) in [5.41, 5.74) is 1.09. The minimum atomic E-state index is -3.29. The first-order valence-corrected chi connectivity index (χ1v) is 11.1. The highest BCUT2D eigenvalue weighted by atomic mass is 32.2. The number of anilines is 2. The van der Waals surface area contributed by atoms with E-state index in [1.165, 1.54) is 0 Å². The van der Waals surface area contributed by atoms with Gasteiger partial charge < -0.3 is 14.5 Å². The molecule has 8 heteroatoms. The zero-order chi connectivity index (χ0) is 20.1. The van der Waals surface area contributed by atoms with Gasteiger partial charge in [0, 0.05) is 37.6 Å². The van der Waals surface area contributed by atoms with E-state index in [4.69, 9.17) is 4.74 Å². The topological polar surface area (TPSA) is 79.0 Å². The second-order valence-electron chi connectivity index (χ2n) is 7.78. The van der Waals surface area contributed by atoms with Gasteiger partial charge in [0.1, 0.15) is 5.60 Å². The van der Waals surface area contributed by atoms with Crippen molar-refractivity contribution < 1.29 is 17.9 Å². The summed E-state index contributed by atoms with van der Waals surface area (Å²) in [4.78, 5) is 16.0. The Bertz CT molecular complexity index is 718. The fourth-order valence-electron chi connectivity index (χ4n) is 2.78. The van der Waals surface area contributed by atoms with Gasteiger partial charge in [-0.1, -0.05) is 13.3 Å². The number of sulfonamides is 1. The van der Waals surface area contributed by atoms with Crippen molar-refractivity contribution in [2.45, 2.75) is 46.1 Å². The zero-order valence-electron chi connectivity index (χ0n) is 16.7. The summed E-state index contributed by atoms with van der Waals surface area (Å²) in [6.45, 7) is 10.2.